The van der Waals surface area contributed by atoms with Crippen molar-refractivity contribution in [1.29, 1.82) is 0 Å². The maximum atomic E-state index is 5.37. The van der Waals surface area contributed by atoms with E-state index in [0.29, 0.717) is 24.7 Å². The lowest BCUT2D eigenvalue weighted by Gasteiger charge is -2.15. The molecule has 0 aliphatic heterocycles. The summed E-state index contributed by atoms with van der Waals surface area (Å²) in [5.74, 6) is 4.71. The Morgan fingerprint density at radius 3 is 2.82 bits per heavy atom. The molecule has 0 radical (unpaired) electrons. The predicted molar refractivity (Wildman–Crippen MR) is 69.1 cm³/mol. The third kappa shape index (κ3) is 4.31. The van der Waals surface area contributed by atoms with E-state index in [1.165, 1.54) is 0 Å². The SMILES string of the molecule is C#CCC(CC)Nc1cc(OCC)nc(C)n1. The van der Waals surface area contributed by atoms with Crippen molar-refractivity contribution >= 4 is 5.82 Å². The molecule has 0 aromatic carbocycles. The van der Waals surface area contributed by atoms with Gasteiger partial charge in [-0.15, -0.1) is 12.3 Å². The highest BCUT2D eigenvalue weighted by Crippen LogP contribution is 2.15. The number of ether oxygens (including phenoxy) is 1. The van der Waals surface area contributed by atoms with Crippen LogP contribution in [-0.4, -0.2) is 22.6 Å². The van der Waals surface area contributed by atoms with Crippen molar-refractivity contribution in [2.75, 3.05) is 11.9 Å². The first-order chi connectivity index (χ1) is 8.19. The van der Waals surface area contributed by atoms with Crippen molar-refractivity contribution in [1.82, 2.24) is 9.97 Å². The smallest absolute Gasteiger partial charge is 0.218 e. The number of hydrogen-bond acceptors (Lipinski definition) is 4. The van der Waals surface area contributed by atoms with E-state index in [0.717, 1.165) is 12.2 Å². The van der Waals surface area contributed by atoms with Crippen LogP contribution in [0.25, 0.3) is 0 Å². The molecular formula is C13H19N3O. The van der Waals surface area contributed by atoms with E-state index in [1.54, 1.807) is 6.07 Å². The van der Waals surface area contributed by atoms with Gasteiger partial charge in [-0.05, 0) is 20.3 Å². The highest BCUT2D eigenvalue weighted by Gasteiger charge is 2.07. The maximum absolute atomic E-state index is 5.37. The minimum atomic E-state index is 0.240. The molecule has 0 amide bonds. The van der Waals surface area contributed by atoms with Crippen LogP contribution < -0.4 is 10.1 Å². The number of rotatable bonds is 6. The number of anilines is 1. The second kappa shape index (κ2) is 6.74. The van der Waals surface area contributed by atoms with Gasteiger partial charge in [-0.1, -0.05) is 6.92 Å². The fraction of sp³-hybridized carbons (Fsp3) is 0.538. The standard InChI is InChI=1S/C13H19N3O/c1-5-8-11(6-2)16-12-9-13(17-7-3)15-10(4)14-12/h1,9,11H,6-8H2,2-4H3,(H,14,15,16). The van der Waals surface area contributed by atoms with Crippen molar-refractivity contribution < 1.29 is 4.74 Å². The van der Waals surface area contributed by atoms with Crippen molar-refractivity contribution in [3.8, 4) is 18.2 Å². The minimum absolute atomic E-state index is 0.240. The van der Waals surface area contributed by atoms with Gasteiger partial charge in [-0.25, -0.2) is 4.98 Å². The van der Waals surface area contributed by atoms with Crippen molar-refractivity contribution in [3.63, 3.8) is 0 Å². The van der Waals surface area contributed by atoms with Crippen LogP contribution in [0, 0.1) is 19.3 Å². The summed E-state index contributed by atoms with van der Waals surface area (Å²) < 4.78 is 5.37. The normalized spacial score (nSPS) is 11.6. The molecule has 0 aliphatic rings. The highest BCUT2D eigenvalue weighted by molar-refractivity contribution is 5.39. The Hall–Kier alpha value is -1.76. The summed E-state index contributed by atoms with van der Waals surface area (Å²) in [7, 11) is 0. The quantitative estimate of drug-likeness (QED) is 0.766. The molecule has 1 aromatic heterocycles. The molecule has 1 atom stereocenters. The average Bonchev–Trinajstić information content (AvgIpc) is 2.28. The fourth-order valence-electron chi connectivity index (χ4n) is 1.48. The molecule has 0 aliphatic carbocycles. The van der Waals surface area contributed by atoms with Crippen LogP contribution in [0.15, 0.2) is 6.07 Å². The van der Waals surface area contributed by atoms with Gasteiger partial charge in [0.2, 0.25) is 5.88 Å². The number of aryl methyl sites for hydroxylation is 1. The lowest BCUT2D eigenvalue weighted by atomic mass is 10.1. The van der Waals surface area contributed by atoms with Gasteiger partial charge in [0.25, 0.3) is 0 Å². The van der Waals surface area contributed by atoms with E-state index in [2.05, 4.69) is 28.1 Å². The number of nitrogens with one attached hydrogen (secondary N) is 1. The largest absolute Gasteiger partial charge is 0.478 e. The van der Waals surface area contributed by atoms with Gasteiger partial charge in [-0.3, -0.25) is 0 Å². The topological polar surface area (TPSA) is 47.0 Å². The molecule has 1 unspecified atom stereocenters. The molecule has 1 rings (SSSR count). The van der Waals surface area contributed by atoms with Crippen molar-refractivity contribution in [3.05, 3.63) is 11.9 Å². The summed E-state index contributed by atoms with van der Waals surface area (Å²) in [5, 5.41) is 3.30. The molecule has 1 heterocycles. The summed E-state index contributed by atoms with van der Waals surface area (Å²) in [4.78, 5) is 8.50. The molecule has 92 valence electrons. The minimum Gasteiger partial charge on any atom is -0.478 e. The molecule has 0 saturated carbocycles. The number of nitrogens with zero attached hydrogens (tertiary/aromatic N) is 2. The summed E-state index contributed by atoms with van der Waals surface area (Å²) in [6.07, 6.45) is 6.96. The number of terminal acetylenes is 1. The monoisotopic (exact) mass is 233 g/mol. The van der Waals surface area contributed by atoms with E-state index in [4.69, 9.17) is 11.2 Å². The van der Waals surface area contributed by atoms with Gasteiger partial charge >= 0.3 is 0 Å². The van der Waals surface area contributed by atoms with Crippen LogP contribution in [0.1, 0.15) is 32.5 Å². The van der Waals surface area contributed by atoms with Gasteiger partial charge in [0.05, 0.1) is 6.61 Å². The molecule has 0 saturated heterocycles. The Morgan fingerprint density at radius 1 is 1.47 bits per heavy atom. The lowest BCUT2D eigenvalue weighted by Crippen LogP contribution is -2.19. The summed E-state index contributed by atoms with van der Waals surface area (Å²) in [6, 6.07) is 2.04. The first kappa shape index (κ1) is 13.3. The number of aromatic nitrogens is 2. The Balaban J connectivity index is 2.79. The molecular weight excluding hydrogens is 214 g/mol. The summed E-state index contributed by atoms with van der Waals surface area (Å²) in [6.45, 7) is 6.46. The van der Waals surface area contributed by atoms with Crippen LogP contribution in [0.3, 0.4) is 0 Å². The Morgan fingerprint density at radius 2 is 2.24 bits per heavy atom. The molecule has 1 N–H and O–H groups in total. The highest BCUT2D eigenvalue weighted by atomic mass is 16.5. The third-order valence-electron chi connectivity index (χ3n) is 2.32. The first-order valence-electron chi connectivity index (χ1n) is 5.88. The molecule has 0 bridgehead atoms. The van der Waals surface area contributed by atoms with E-state index in [9.17, 15) is 0 Å². The lowest BCUT2D eigenvalue weighted by molar-refractivity contribution is 0.325. The summed E-state index contributed by atoms with van der Waals surface area (Å²) >= 11 is 0. The van der Waals surface area contributed by atoms with Crippen molar-refractivity contribution in [2.24, 2.45) is 0 Å². The first-order valence-corrected chi connectivity index (χ1v) is 5.88. The summed E-state index contributed by atoms with van der Waals surface area (Å²) in [5.41, 5.74) is 0. The Kier molecular flexibility index (Phi) is 5.28. The van der Waals surface area contributed by atoms with Crippen LogP contribution in [0.4, 0.5) is 5.82 Å². The molecule has 0 spiro atoms. The van der Waals surface area contributed by atoms with Gasteiger partial charge in [-0.2, -0.15) is 4.98 Å². The Labute approximate surface area is 103 Å². The van der Waals surface area contributed by atoms with Gasteiger partial charge in [0.15, 0.2) is 0 Å². The molecule has 4 heteroatoms. The fourth-order valence-corrected chi connectivity index (χ4v) is 1.48. The predicted octanol–water partition coefficient (Wildman–Crippen LogP) is 2.40. The van der Waals surface area contributed by atoms with Crippen molar-refractivity contribution in [2.45, 2.75) is 39.7 Å². The maximum Gasteiger partial charge on any atom is 0.218 e. The zero-order chi connectivity index (χ0) is 12.7. The van der Waals surface area contributed by atoms with E-state index < -0.39 is 0 Å². The van der Waals surface area contributed by atoms with Gasteiger partial charge in [0.1, 0.15) is 11.6 Å². The van der Waals surface area contributed by atoms with Gasteiger partial charge < -0.3 is 10.1 Å². The van der Waals surface area contributed by atoms with Crippen LogP contribution in [0.2, 0.25) is 0 Å². The zero-order valence-corrected chi connectivity index (χ0v) is 10.7. The van der Waals surface area contributed by atoms with Crippen LogP contribution in [-0.2, 0) is 0 Å². The second-order valence-corrected chi connectivity index (χ2v) is 3.73. The Bertz CT molecular complexity index is 398. The second-order valence-electron chi connectivity index (χ2n) is 3.73. The third-order valence-corrected chi connectivity index (χ3v) is 2.32. The van der Waals surface area contributed by atoms with Gasteiger partial charge in [0, 0.05) is 18.5 Å². The molecule has 4 nitrogen and oxygen atoms in total. The average molecular weight is 233 g/mol. The molecule has 17 heavy (non-hydrogen) atoms. The van der Waals surface area contributed by atoms with E-state index >= 15 is 0 Å². The van der Waals surface area contributed by atoms with Crippen LogP contribution >= 0.6 is 0 Å². The van der Waals surface area contributed by atoms with Crippen LogP contribution in [0.5, 0.6) is 5.88 Å². The zero-order valence-electron chi connectivity index (χ0n) is 10.7. The molecule has 1 aromatic rings. The number of hydrogen-bond donors (Lipinski definition) is 1. The van der Waals surface area contributed by atoms with E-state index in [-0.39, 0.29) is 6.04 Å². The van der Waals surface area contributed by atoms with E-state index in [1.807, 2.05) is 13.8 Å². The molecule has 0 fully saturated rings.